The molecule has 1 aliphatic carbocycles. The summed E-state index contributed by atoms with van der Waals surface area (Å²) in [6, 6.07) is 0. The van der Waals surface area contributed by atoms with E-state index in [1.165, 1.54) is 6.42 Å². The molecule has 4 nitrogen and oxygen atoms in total. The highest BCUT2D eigenvalue weighted by atomic mass is 32.2. The standard InChI is InChI=1S/C14H24O4S2/c1-13(2)17-11-9(8-15)14(19-5-4-6-20-14)7-10(16-3)12(11)18-13/h9-12,15H,4-8H2,1-3H3/t9-,10+,11+,12+/m0/s1. The van der Waals surface area contributed by atoms with Gasteiger partial charge in [-0.3, -0.25) is 0 Å². The summed E-state index contributed by atoms with van der Waals surface area (Å²) in [6.45, 7) is 4.04. The lowest BCUT2D eigenvalue weighted by Gasteiger charge is -2.50. The maximum absolute atomic E-state index is 9.98. The Morgan fingerprint density at radius 2 is 1.85 bits per heavy atom. The summed E-state index contributed by atoms with van der Waals surface area (Å²) >= 11 is 3.95. The van der Waals surface area contributed by atoms with Crippen LogP contribution >= 0.6 is 23.5 Å². The summed E-state index contributed by atoms with van der Waals surface area (Å²) < 4.78 is 17.9. The van der Waals surface area contributed by atoms with Gasteiger partial charge < -0.3 is 19.3 Å². The molecule has 0 bridgehead atoms. The second-order valence-electron chi connectivity index (χ2n) is 6.19. The number of fused-ring (bicyclic) bond motifs is 1. The predicted octanol–water partition coefficient (Wildman–Crippen LogP) is 2.10. The van der Waals surface area contributed by atoms with Crippen LogP contribution in [0.15, 0.2) is 0 Å². The van der Waals surface area contributed by atoms with Crippen LogP contribution < -0.4 is 0 Å². The summed E-state index contributed by atoms with van der Waals surface area (Å²) in [5.74, 6) is 1.83. The lowest BCUT2D eigenvalue weighted by atomic mass is 9.82. The van der Waals surface area contributed by atoms with Crippen LogP contribution in [0.5, 0.6) is 0 Å². The van der Waals surface area contributed by atoms with Gasteiger partial charge in [-0.2, -0.15) is 0 Å². The van der Waals surface area contributed by atoms with Gasteiger partial charge in [-0.25, -0.2) is 0 Å². The van der Waals surface area contributed by atoms with Crippen molar-refractivity contribution in [3.05, 3.63) is 0 Å². The molecule has 1 N–H and O–H groups in total. The van der Waals surface area contributed by atoms with E-state index in [1.807, 2.05) is 37.4 Å². The van der Waals surface area contributed by atoms with Gasteiger partial charge >= 0.3 is 0 Å². The highest BCUT2D eigenvalue weighted by Gasteiger charge is 2.60. The van der Waals surface area contributed by atoms with Crippen LogP contribution in [0.2, 0.25) is 0 Å². The van der Waals surface area contributed by atoms with Crippen molar-refractivity contribution in [2.24, 2.45) is 5.92 Å². The van der Waals surface area contributed by atoms with Gasteiger partial charge in [0.15, 0.2) is 5.79 Å². The van der Waals surface area contributed by atoms with Gasteiger partial charge in [0.25, 0.3) is 0 Å². The van der Waals surface area contributed by atoms with Crippen molar-refractivity contribution in [2.75, 3.05) is 25.2 Å². The first-order chi connectivity index (χ1) is 9.51. The molecule has 1 saturated carbocycles. The van der Waals surface area contributed by atoms with Crippen LogP contribution in [0.3, 0.4) is 0 Å². The number of ether oxygens (including phenoxy) is 3. The zero-order valence-electron chi connectivity index (χ0n) is 12.3. The van der Waals surface area contributed by atoms with Gasteiger partial charge in [-0.15, -0.1) is 23.5 Å². The summed E-state index contributed by atoms with van der Waals surface area (Å²) in [4.78, 5) is 0. The molecule has 2 heterocycles. The number of rotatable bonds is 2. The molecule has 3 aliphatic rings. The fraction of sp³-hybridized carbons (Fsp3) is 1.00. The third kappa shape index (κ3) is 2.52. The van der Waals surface area contributed by atoms with E-state index < -0.39 is 5.79 Å². The maximum Gasteiger partial charge on any atom is 0.163 e. The van der Waals surface area contributed by atoms with Crippen molar-refractivity contribution in [3.8, 4) is 0 Å². The predicted molar refractivity (Wildman–Crippen MR) is 82.1 cm³/mol. The average Bonchev–Trinajstić information content (AvgIpc) is 2.74. The van der Waals surface area contributed by atoms with Crippen LogP contribution in [0, 0.1) is 5.92 Å². The van der Waals surface area contributed by atoms with Crippen molar-refractivity contribution in [1.82, 2.24) is 0 Å². The number of hydrogen-bond donors (Lipinski definition) is 1. The zero-order chi connectivity index (χ0) is 14.4. The van der Waals surface area contributed by atoms with Gasteiger partial charge in [-0.05, 0) is 31.8 Å². The van der Waals surface area contributed by atoms with E-state index >= 15 is 0 Å². The van der Waals surface area contributed by atoms with E-state index in [1.54, 1.807) is 7.11 Å². The first kappa shape index (κ1) is 15.4. The maximum atomic E-state index is 9.98. The largest absolute Gasteiger partial charge is 0.396 e. The Bertz CT molecular complexity index is 357. The van der Waals surface area contributed by atoms with Crippen LogP contribution in [-0.2, 0) is 14.2 Å². The van der Waals surface area contributed by atoms with Crippen LogP contribution in [0.25, 0.3) is 0 Å². The molecule has 3 fully saturated rings. The molecule has 3 rings (SSSR count). The fourth-order valence-corrected chi connectivity index (χ4v) is 7.29. The third-order valence-corrected chi connectivity index (χ3v) is 8.07. The van der Waals surface area contributed by atoms with E-state index in [9.17, 15) is 5.11 Å². The molecule has 0 aromatic heterocycles. The molecule has 2 saturated heterocycles. The summed E-state index contributed by atoms with van der Waals surface area (Å²) in [7, 11) is 1.75. The van der Waals surface area contributed by atoms with Gasteiger partial charge in [-0.1, -0.05) is 0 Å². The minimum absolute atomic E-state index is 0.0125. The first-order valence-corrected chi connectivity index (χ1v) is 9.26. The Labute approximate surface area is 129 Å². The van der Waals surface area contributed by atoms with E-state index in [0.29, 0.717) is 0 Å². The normalized spacial score (nSPS) is 42.6. The Morgan fingerprint density at radius 1 is 1.20 bits per heavy atom. The molecule has 0 unspecified atom stereocenters. The second-order valence-corrected chi connectivity index (χ2v) is 9.30. The Hall–Kier alpha value is 0.540. The Balaban J connectivity index is 1.91. The van der Waals surface area contributed by atoms with Gasteiger partial charge in [0.05, 0.1) is 22.9 Å². The second kappa shape index (κ2) is 5.63. The lowest BCUT2D eigenvalue weighted by molar-refractivity contribution is -0.156. The smallest absolute Gasteiger partial charge is 0.163 e. The summed E-state index contributed by atoms with van der Waals surface area (Å²) in [5, 5.41) is 9.98. The number of methoxy groups -OCH3 is 1. The molecule has 2 aliphatic heterocycles. The van der Waals surface area contributed by atoms with Gasteiger partial charge in [0, 0.05) is 19.4 Å². The molecule has 116 valence electrons. The molecule has 0 aromatic carbocycles. The molecule has 20 heavy (non-hydrogen) atoms. The van der Waals surface area contributed by atoms with Crippen molar-refractivity contribution in [2.45, 2.75) is 54.9 Å². The monoisotopic (exact) mass is 320 g/mol. The average molecular weight is 320 g/mol. The fourth-order valence-electron chi connectivity index (χ4n) is 3.60. The minimum Gasteiger partial charge on any atom is -0.396 e. The topological polar surface area (TPSA) is 47.9 Å². The number of aliphatic hydroxyl groups excluding tert-OH is 1. The zero-order valence-corrected chi connectivity index (χ0v) is 14.0. The van der Waals surface area contributed by atoms with Crippen molar-refractivity contribution >= 4 is 23.5 Å². The van der Waals surface area contributed by atoms with Crippen molar-refractivity contribution in [3.63, 3.8) is 0 Å². The van der Waals surface area contributed by atoms with E-state index in [4.69, 9.17) is 14.2 Å². The molecule has 0 amide bonds. The Morgan fingerprint density at radius 3 is 2.45 bits per heavy atom. The SMILES string of the molecule is CO[C@@H]1CC2(SCCCS2)[C@@H](CO)[C@H]2OC(C)(C)O[C@@H]21. The first-order valence-electron chi connectivity index (χ1n) is 7.28. The van der Waals surface area contributed by atoms with E-state index in [2.05, 4.69) is 0 Å². The molecular weight excluding hydrogens is 296 g/mol. The third-order valence-electron chi connectivity index (χ3n) is 4.46. The minimum atomic E-state index is -0.588. The van der Waals surface area contributed by atoms with E-state index in [0.717, 1.165) is 17.9 Å². The van der Waals surface area contributed by atoms with Crippen molar-refractivity contribution in [1.29, 1.82) is 0 Å². The van der Waals surface area contributed by atoms with Crippen molar-refractivity contribution < 1.29 is 19.3 Å². The highest BCUT2D eigenvalue weighted by Crippen LogP contribution is 2.57. The summed E-state index contributed by atoms with van der Waals surface area (Å²) in [5.41, 5.74) is 0. The molecule has 0 aromatic rings. The highest BCUT2D eigenvalue weighted by molar-refractivity contribution is 8.18. The molecule has 6 heteroatoms. The van der Waals surface area contributed by atoms with Gasteiger partial charge in [0.1, 0.15) is 6.10 Å². The molecule has 0 radical (unpaired) electrons. The Kier molecular flexibility index (Phi) is 4.35. The number of aliphatic hydroxyl groups is 1. The van der Waals surface area contributed by atoms with E-state index in [-0.39, 0.29) is 34.9 Å². The number of thioether (sulfide) groups is 2. The quantitative estimate of drug-likeness (QED) is 0.841. The van der Waals surface area contributed by atoms with Gasteiger partial charge in [0.2, 0.25) is 0 Å². The van der Waals surface area contributed by atoms with Crippen LogP contribution in [0.4, 0.5) is 0 Å². The molecular formula is C14H24O4S2. The molecule has 1 spiro atoms. The lowest BCUT2D eigenvalue weighted by Crippen LogP contribution is -2.57. The summed E-state index contributed by atoms with van der Waals surface area (Å²) in [6.07, 6.45) is 2.06. The van der Waals surface area contributed by atoms with Crippen LogP contribution in [-0.4, -0.2) is 58.5 Å². The molecule has 4 atom stereocenters. The number of hydrogen-bond acceptors (Lipinski definition) is 6. The van der Waals surface area contributed by atoms with Crippen LogP contribution in [0.1, 0.15) is 26.7 Å².